The summed E-state index contributed by atoms with van der Waals surface area (Å²) in [7, 11) is 0. The van der Waals surface area contributed by atoms with Crippen LogP contribution in [-0.4, -0.2) is 15.7 Å². The molecule has 0 unspecified atom stereocenters. The second-order valence-electron chi connectivity index (χ2n) is 8.87. The number of aryl methyl sites for hydroxylation is 1. The van der Waals surface area contributed by atoms with E-state index < -0.39 is 11.6 Å². The lowest BCUT2D eigenvalue weighted by atomic mass is 9.92. The summed E-state index contributed by atoms with van der Waals surface area (Å²) in [6.07, 6.45) is 0.377. The number of carbonyl (C=O) groups excluding carboxylic acids is 1. The van der Waals surface area contributed by atoms with Crippen LogP contribution in [0.15, 0.2) is 42.5 Å². The first kappa shape index (κ1) is 23.7. The maximum Gasteiger partial charge on any atom is 0.226 e. The molecule has 0 fully saturated rings. The van der Waals surface area contributed by atoms with Gasteiger partial charge in [-0.15, -0.1) is 0 Å². The van der Waals surface area contributed by atoms with Crippen molar-refractivity contribution in [1.29, 1.82) is 0 Å². The van der Waals surface area contributed by atoms with Gasteiger partial charge in [-0.1, -0.05) is 44.5 Å². The van der Waals surface area contributed by atoms with Gasteiger partial charge >= 0.3 is 0 Å². The monoisotopic (exact) mass is 461 g/mol. The quantitative estimate of drug-likeness (QED) is 0.460. The summed E-state index contributed by atoms with van der Waals surface area (Å²) >= 11 is 6.17. The van der Waals surface area contributed by atoms with E-state index in [1.165, 1.54) is 12.1 Å². The molecule has 170 valence electrons. The fourth-order valence-corrected chi connectivity index (χ4v) is 3.38. The maximum atomic E-state index is 14.0. The Morgan fingerprint density at radius 1 is 1.16 bits per heavy atom. The molecular formula is C24H26ClF2N3O2. The number of rotatable bonds is 7. The van der Waals surface area contributed by atoms with Crippen molar-refractivity contribution >= 4 is 23.3 Å². The van der Waals surface area contributed by atoms with Crippen molar-refractivity contribution in [2.24, 2.45) is 5.41 Å². The van der Waals surface area contributed by atoms with Crippen LogP contribution in [0.1, 0.15) is 44.0 Å². The van der Waals surface area contributed by atoms with Gasteiger partial charge in [-0.05, 0) is 36.6 Å². The number of nitrogens with one attached hydrogen (secondary N) is 1. The molecule has 1 heterocycles. The highest BCUT2D eigenvalue weighted by Crippen LogP contribution is 2.26. The fourth-order valence-electron chi connectivity index (χ4n) is 3.19. The smallest absolute Gasteiger partial charge is 0.226 e. The van der Waals surface area contributed by atoms with E-state index in [1.54, 1.807) is 28.9 Å². The van der Waals surface area contributed by atoms with Gasteiger partial charge in [-0.3, -0.25) is 9.48 Å². The molecule has 0 radical (unpaired) electrons. The molecule has 1 N–H and O–H groups in total. The van der Waals surface area contributed by atoms with E-state index in [2.05, 4.69) is 10.4 Å². The first-order chi connectivity index (χ1) is 15.0. The molecule has 32 heavy (non-hydrogen) atoms. The Balaban J connectivity index is 1.76. The molecule has 3 aromatic rings. The highest BCUT2D eigenvalue weighted by molar-refractivity contribution is 6.30. The molecule has 0 aliphatic carbocycles. The van der Waals surface area contributed by atoms with Crippen LogP contribution in [0.25, 0.3) is 0 Å². The van der Waals surface area contributed by atoms with Crippen molar-refractivity contribution in [2.45, 2.75) is 47.3 Å². The number of hydrogen-bond acceptors (Lipinski definition) is 3. The summed E-state index contributed by atoms with van der Waals surface area (Å²) in [5, 5.41) is 7.80. The average Bonchev–Trinajstić information content (AvgIpc) is 3.01. The van der Waals surface area contributed by atoms with Crippen LogP contribution in [0.2, 0.25) is 5.02 Å². The summed E-state index contributed by atoms with van der Waals surface area (Å²) < 4.78 is 34.9. The second kappa shape index (κ2) is 9.69. The molecular weight excluding hydrogens is 436 g/mol. The van der Waals surface area contributed by atoms with Crippen molar-refractivity contribution in [3.05, 3.63) is 75.9 Å². The van der Waals surface area contributed by atoms with Gasteiger partial charge in [0.2, 0.25) is 5.91 Å². The normalized spacial score (nSPS) is 11.5. The topological polar surface area (TPSA) is 56.2 Å². The van der Waals surface area contributed by atoms with Crippen LogP contribution in [0.5, 0.6) is 5.75 Å². The largest absolute Gasteiger partial charge is 0.488 e. The van der Waals surface area contributed by atoms with Gasteiger partial charge in [0, 0.05) is 34.3 Å². The second-order valence-corrected chi connectivity index (χ2v) is 9.30. The van der Waals surface area contributed by atoms with Crippen LogP contribution in [-0.2, 0) is 17.9 Å². The van der Waals surface area contributed by atoms with Gasteiger partial charge in [0.05, 0.1) is 6.54 Å². The molecule has 1 amide bonds. The van der Waals surface area contributed by atoms with Gasteiger partial charge in [-0.25, -0.2) is 8.78 Å². The van der Waals surface area contributed by atoms with E-state index in [0.717, 1.165) is 11.8 Å². The lowest BCUT2D eigenvalue weighted by molar-refractivity contribution is -0.117. The van der Waals surface area contributed by atoms with Gasteiger partial charge in [-0.2, -0.15) is 5.10 Å². The van der Waals surface area contributed by atoms with E-state index >= 15 is 0 Å². The predicted molar refractivity (Wildman–Crippen MR) is 121 cm³/mol. The Morgan fingerprint density at radius 3 is 2.62 bits per heavy atom. The summed E-state index contributed by atoms with van der Waals surface area (Å²) in [5.41, 5.74) is 1.53. The Labute approximate surface area is 191 Å². The minimum atomic E-state index is -0.929. The molecule has 0 atom stereocenters. The van der Waals surface area contributed by atoms with Crippen LogP contribution in [0, 0.1) is 24.0 Å². The standard InChI is InChI=1S/C24H26ClF2N3O2/c1-15-10-21(28-22(31)12-24(2,3)4)29-30(15)13-17-11-18(25)8-9-20(17)32-14-16-6-5-7-19(26)23(16)27/h5-11H,12-14H2,1-4H3,(H,28,29,31). The minimum Gasteiger partial charge on any atom is -0.488 e. The molecule has 5 nitrogen and oxygen atoms in total. The highest BCUT2D eigenvalue weighted by Gasteiger charge is 2.18. The van der Waals surface area contributed by atoms with Gasteiger partial charge < -0.3 is 10.1 Å². The number of carbonyl (C=O) groups is 1. The van der Waals surface area contributed by atoms with E-state index in [0.29, 0.717) is 35.1 Å². The van der Waals surface area contributed by atoms with Crippen molar-refractivity contribution in [3.63, 3.8) is 0 Å². The molecule has 1 aromatic heterocycles. The van der Waals surface area contributed by atoms with Crippen molar-refractivity contribution < 1.29 is 18.3 Å². The number of benzene rings is 2. The van der Waals surface area contributed by atoms with Crippen LogP contribution < -0.4 is 10.1 Å². The fraction of sp³-hybridized carbons (Fsp3) is 0.333. The zero-order valence-electron chi connectivity index (χ0n) is 18.5. The Kier molecular flexibility index (Phi) is 7.19. The van der Waals surface area contributed by atoms with Crippen molar-refractivity contribution in [2.75, 3.05) is 5.32 Å². The molecule has 0 bridgehead atoms. The lowest BCUT2D eigenvalue weighted by Crippen LogP contribution is -2.20. The van der Waals surface area contributed by atoms with Crippen molar-refractivity contribution in [1.82, 2.24) is 9.78 Å². The van der Waals surface area contributed by atoms with Gasteiger partial charge in [0.1, 0.15) is 12.4 Å². The summed E-state index contributed by atoms with van der Waals surface area (Å²) in [6, 6.07) is 10.8. The molecule has 0 aliphatic rings. The van der Waals surface area contributed by atoms with Gasteiger partial charge in [0.15, 0.2) is 17.5 Å². The number of anilines is 1. The first-order valence-electron chi connectivity index (χ1n) is 10.2. The summed E-state index contributed by atoms with van der Waals surface area (Å²) in [4.78, 5) is 12.2. The number of nitrogens with zero attached hydrogens (tertiary/aromatic N) is 2. The lowest BCUT2D eigenvalue weighted by Gasteiger charge is -2.16. The number of amides is 1. The minimum absolute atomic E-state index is 0.106. The van der Waals surface area contributed by atoms with E-state index in [-0.39, 0.29) is 23.5 Å². The summed E-state index contributed by atoms with van der Waals surface area (Å²) in [5.74, 6) is -1.02. The Bertz CT molecular complexity index is 1120. The van der Waals surface area contributed by atoms with Crippen LogP contribution >= 0.6 is 11.6 Å². The number of halogens is 3. The number of ether oxygens (including phenoxy) is 1. The molecule has 0 saturated carbocycles. The molecule has 8 heteroatoms. The number of aromatic nitrogens is 2. The van der Waals surface area contributed by atoms with E-state index in [9.17, 15) is 13.6 Å². The van der Waals surface area contributed by atoms with Crippen molar-refractivity contribution in [3.8, 4) is 5.75 Å². The molecule has 0 saturated heterocycles. The maximum absolute atomic E-state index is 14.0. The van der Waals surface area contributed by atoms with Crippen LogP contribution in [0.3, 0.4) is 0 Å². The Morgan fingerprint density at radius 2 is 1.91 bits per heavy atom. The average molecular weight is 462 g/mol. The first-order valence-corrected chi connectivity index (χ1v) is 10.6. The predicted octanol–water partition coefficient (Wildman–Crippen LogP) is 6.13. The molecule has 0 aliphatic heterocycles. The summed E-state index contributed by atoms with van der Waals surface area (Å²) in [6.45, 7) is 8.04. The SMILES string of the molecule is Cc1cc(NC(=O)CC(C)(C)C)nn1Cc1cc(Cl)ccc1OCc1cccc(F)c1F. The van der Waals surface area contributed by atoms with Gasteiger partial charge in [0.25, 0.3) is 0 Å². The Hall–Kier alpha value is -2.93. The third kappa shape index (κ3) is 6.29. The molecule has 2 aromatic carbocycles. The zero-order chi connectivity index (χ0) is 23.5. The van der Waals surface area contributed by atoms with E-state index in [1.807, 2.05) is 27.7 Å². The third-order valence-corrected chi connectivity index (χ3v) is 4.93. The number of hydrogen-bond donors (Lipinski definition) is 1. The zero-order valence-corrected chi connectivity index (χ0v) is 19.3. The molecule has 3 rings (SSSR count). The highest BCUT2D eigenvalue weighted by atomic mass is 35.5. The molecule has 0 spiro atoms. The third-order valence-electron chi connectivity index (χ3n) is 4.70. The van der Waals surface area contributed by atoms with Crippen LogP contribution in [0.4, 0.5) is 14.6 Å². The van der Waals surface area contributed by atoms with E-state index in [4.69, 9.17) is 16.3 Å².